The van der Waals surface area contributed by atoms with E-state index in [9.17, 15) is 4.79 Å². The second-order valence-corrected chi connectivity index (χ2v) is 7.04. The highest BCUT2D eigenvalue weighted by Gasteiger charge is 2.09. The van der Waals surface area contributed by atoms with Crippen molar-refractivity contribution in [3.63, 3.8) is 0 Å². The molecule has 2 amide bonds. The van der Waals surface area contributed by atoms with E-state index in [1.807, 2.05) is 63.2 Å². The van der Waals surface area contributed by atoms with Crippen LogP contribution in [0.3, 0.4) is 0 Å². The number of ether oxygens (including phenoxy) is 1. The van der Waals surface area contributed by atoms with Crippen LogP contribution >= 0.6 is 11.3 Å². The van der Waals surface area contributed by atoms with Gasteiger partial charge in [-0.2, -0.15) is 0 Å². The molecule has 2 N–H and O–H groups in total. The van der Waals surface area contributed by atoms with Gasteiger partial charge in [-0.1, -0.05) is 35.1 Å². The Morgan fingerprint density at radius 1 is 1.00 bits per heavy atom. The van der Waals surface area contributed by atoms with Gasteiger partial charge < -0.3 is 10.1 Å². The average Bonchev–Trinajstić information content (AvgIpc) is 3.05. The highest BCUT2D eigenvalue weighted by atomic mass is 32.1. The molecule has 0 saturated heterocycles. The van der Waals surface area contributed by atoms with Crippen LogP contribution in [0.15, 0.2) is 42.5 Å². The molecule has 0 fully saturated rings. The Kier molecular flexibility index (Phi) is 5.48. The zero-order valence-corrected chi connectivity index (χ0v) is 15.7. The summed E-state index contributed by atoms with van der Waals surface area (Å²) in [6.07, 6.45) is 0. The molecule has 0 bridgehead atoms. The molecule has 0 spiro atoms. The fraction of sp³-hybridized carbons (Fsp3) is 0.211. The molecule has 0 aliphatic heterocycles. The molecule has 26 heavy (non-hydrogen) atoms. The van der Waals surface area contributed by atoms with E-state index >= 15 is 0 Å². The molecule has 0 aliphatic rings. The number of carbonyl (C=O) groups excluding carboxylic acids is 1. The number of nitrogens with one attached hydrogen (secondary N) is 2. The maximum absolute atomic E-state index is 12.1. The minimum atomic E-state index is -0.351. The van der Waals surface area contributed by atoms with Crippen molar-refractivity contribution in [3.8, 4) is 5.75 Å². The molecule has 0 radical (unpaired) electrons. The van der Waals surface area contributed by atoms with Crippen molar-refractivity contribution in [3.05, 3.63) is 64.2 Å². The van der Waals surface area contributed by atoms with Crippen LogP contribution in [0.4, 0.5) is 15.6 Å². The predicted molar refractivity (Wildman–Crippen MR) is 104 cm³/mol. The molecule has 7 heteroatoms. The van der Waals surface area contributed by atoms with Gasteiger partial charge in [-0.05, 0) is 56.2 Å². The van der Waals surface area contributed by atoms with E-state index in [0.29, 0.717) is 16.7 Å². The molecule has 0 aliphatic carbocycles. The number of aromatic nitrogens is 2. The molecule has 134 valence electrons. The van der Waals surface area contributed by atoms with Crippen molar-refractivity contribution in [1.29, 1.82) is 0 Å². The number of hydrogen-bond acceptors (Lipinski definition) is 5. The second kappa shape index (κ2) is 7.97. The predicted octanol–water partition coefficient (Wildman–Crippen LogP) is 4.69. The van der Waals surface area contributed by atoms with E-state index in [-0.39, 0.29) is 6.03 Å². The van der Waals surface area contributed by atoms with E-state index in [4.69, 9.17) is 4.74 Å². The van der Waals surface area contributed by atoms with Gasteiger partial charge >= 0.3 is 6.03 Å². The lowest BCUT2D eigenvalue weighted by Crippen LogP contribution is -2.19. The second-order valence-electron chi connectivity index (χ2n) is 5.98. The van der Waals surface area contributed by atoms with Crippen molar-refractivity contribution >= 4 is 28.2 Å². The van der Waals surface area contributed by atoms with E-state index < -0.39 is 0 Å². The van der Waals surface area contributed by atoms with Crippen LogP contribution in [0.2, 0.25) is 0 Å². The lowest BCUT2D eigenvalue weighted by molar-refractivity contribution is 0.262. The van der Waals surface area contributed by atoms with Crippen LogP contribution in [0.5, 0.6) is 5.75 Å². The van der Waals surface area contributed by atoms with Crippen molar-refractivity contribution in [1.82, 2.24) is 10.2 Å². The first-order chi connectivity index (χ1) is 12.5. The Morgan fingerprint density at radius 2 is 1.77 bits per heavy atom. The summed E-state index contributed by atoms with van der Waals surface area (Å²) in [6.45, 7) is 6.36. The Bertz CT molecular complexity index is 906. The third kappa shape index (κ3) is 4.80. The summed E-state index contributed by atoms with van der Waals surface area (Å²) < 4.78 is 5.66. The first kappa shape index (κ1) is 17.9. The molecule has 0 unspecified atom stereocenters. The summed E-state index contributed by atoms with van der Waals surface area (Å²) in [7, 11) is 0. The molecule has 1 aromatic heterocycles. The third-order valence-electron chi connectivity index (χ3n) is 3.84. The SMILES string of the molecule is Cc1ccc(OCc2nnc(NC(=O)Nc3ccc(C)c(C)c3)s2)cc1. The van der Waals surface area contributed by atoms with Crippen LogP contribution in [-0.4, -0.2) is 16.2 Å². The summed E-state index contributed by atoms with van der Waals surface area (Å²) in [6, 6.07) is 13.2. The van der Waals surface area contributed by atoms with E-state index in [0.717, 1.165) is 17.0 Å². The van der Waals surface area contributed by atoms with E-state index in [1.54, 1.807) is 0 Å². The van der Waals surface area contributed by atoms with Crippen molar-refractivity contribution in [2.24, 2.45) is 0 Å². The fourth-order valence-electron chi connectivity index (χ4n) is 2.22. The van der Waals surface area contributed by atoms with E-state index in [2.05, 4.69) is 20.8 Å². The molecular weight excluding hydrogens is 348 g/mol. The fourth-order valence-corrected chi connectivity index (χ4v) is 2.87. The third-order valence-corrected chi connectivity index (χ3v) is 4.65. The van der Waals surface area contributed by atoms with Gasteiger partial charge in [0.15, 0.2) is 5.01 Å². The summed E-state index contributed by atoms with van der Waals surface area (Å²) in [4.78, 5) is 12.1. The molecule has 1 heterocycles. The number of carbonyl (C=O) groups is 1. The molecule has 6 nitrogen and oxygen atoms in total. The minimum Gasteiger partial charge on any atom is -0.486 e. The maximum atomic E-state index is 12.1. The van der Waals surface area contributed by atoms with Crippen molar-refractivity contribution in [2.75, 3.05) is 10.6 Å². The Morgan fingerprint density at radius 3 is 2.50 bits per heavy atom. The van der Waals surface area contributed by atoms with Crippen LogP contribution < -0.4 is 15.4 Å². The number of benzene rings is 2. The Labute approximate surface area is 156 Å². The molecule has 2 aromatic carbocycles. The quantitative estimate of drug-likeness (QED) is 0.685. The summed E-state index contributed by atoms with van der Waals surface area (Å²) in [5, 5.41) is 14.6. The largest absolute Gasteiger partial charge is 0.486 e. The normalized spacial score (nSPS) is 10.4. The molecule has 0 atom stereocenters. The summed E-state index contributed by atoms with van der Waals surface area (Å²) in [5.74, 6) is 0.771. The Hall–Kier alpha value is -2.93. The number of anilines is 2. The van der Waals surface area contributed by atoms with Gasteiger partial charge in [0, 0.05) is 5.69 Å². The zero-order valence-electron chi connectivity index (χ0n) is 14.9. The first-order valence-corrected chi connectivity index (χ1v) is 8.98. The number of urea groups is 1. The van der Waals surface area contributed by atoms with Gasteiger partial charge in [0.2, 0.25) is 5.13 Å². The number of nitrogens with zero attached hydrogens (tertiary/aromatic N) is 2. The van der Waals surface area contributed by atoms with Crippen molar-refractivity contribution < 1.29 is 9.53 Å². The maximum Gasteiger partial charge on any atom is 0.325 e. The molecule has 3 rings (SSSR count). The number of rotatable bonds is 5. The molecule has 3 aromatic rings. The highest BCUT2D eigenvalue weighted by Crippen LogP contribution is 2.19. The number of amides is 2. The first-order valence-electron chi connectivity index (χ1n) is 8.17. The summed E-state index contributed by atoms with van der Waals surface area (Å²) in [5.41, 5.74) is 4.21. The van der Waals surface area contributed by atoms with Gasteiger partial charge in [-0.15, -0.1) is 10.2 Å². The van der Waals surface area contributed by atoms with Crippen LogP contribution in [0.1, 0.15) is 21.7 Å². The smallest absolute Gasteiger partial charge is 0.325 e. The van der Waals surface area contributed by atoms with Crippen LogP contribution in [-0.2, 0) is 6.61 Å². The number of hydrogen-bond donors (Lipinski definition) is 2. The average molecular weight is 368 g/mol. The van der Waals surface area contributed by atoms with Crippen LogP contribution in [0, 0.1) is 20.8 Å². The van der Waals surface area contributed by atoms with Gasteiger partial charge in [-0.3, -0.25) is 5.32 Å². The highest BCUT2D eigenvalue weighted by molar-refractivity contribution is 7.15. The number of aryl methyl sites for hydroxylation is 3. The van der Waals surface area contributed by atoms with Crippen LogP contribution in [0.25, 0.3) is 0 Å². The lowest BCUT2D eigenvalue weighted by Gasteiger charge is -2.07. The van der Waals surface area contributed by atoms with Gasteiger partial charge in [0.1, 0.15) is 12.4 Å². The zero-order chi connectivity index (χ0) is 18.5. The lowest BCUT2D eigenvalue weighted by atomic mass is 10.1. The van der Waals surface area contributed by atoms with E-state index in [1.165, 1.54) is 22.5 Å². The summed E-state index contributed by atoms with van der Waals surface area (Å²) >= 11 is 1.28. The Balaban J connectivity index is 1.53. The molecular formula is C19H20N4O2S. The van der Waals surface area contributed by atoms with Crippen molar-refractivity contribution in [2.45, 2.75) is 27.4 Å². The standard InChI is InChI=1S/C19H20N4O2S/c1-12-4-8-16(9-5-12)25-11-17-22-23-19(26-17)21-18(24)20-15-7-6-13(2)14(3)10-15/h4-10H,11H2,1-3H3,(H2,20,21,23,24). The minimum absolute atomic E-state index is 0.307. The van der Waals surface area contributed by atoms with Gasteiger partial charge in [0.05, 0.1) is 0 Å². The van der Waals surface area contributed by atoms with Gasteiger partial charge in [-0.25, -0.2) is 4.79 Å². The monoisotopic (exact) mass is 368 g/mol. The van der Waals surface area contributed by atoms with Gasteiger partial charge in [0.25, 0.3) is 0 Å². The molecule has 0 saturated carbocycles. The topological polar surface area (TPSA) is 76.1 Å².